The SMILES string of the molecule is CCc1nc2c(c(=O)n1CC)CNCC2. The fourth-order valence-electron chi connectivity index (χ4n) is 2.09. The van der Waals surface area contributed by atoms with E-state index in [0.717, 1.165) is 36.5 Å². The van der Waals surface area contributed by atoms with Crippen molar-refractivity contribution in [3.05, 3.63) is 27.4 Å². The lowest BCUT2D eigenvalue weighted by atomic mass is 10.1. The number of hydrogen-bond donors (Lipinski definition) is 1. The van der Waals surface area contributed by atoms with Crippen LogP contribution < -0.4 is 10.9 Å². The molecule has 0 spiro atoms. The predicted octanol–water partition coefficient (Wildman–Crippen LogP) is 0.471. The molecular formula is C11H17N3O. The molecule has 15 heavy (non-hydrogen) atoms. The van der Waals surface area contributed by atoms with Gasteiger partial charge in [-0.05, 0) is 6.92 Å². The van der Waals surface area contributed by atoms with E-state index in [9.17, 15) is 4.79 Å². The fraction of sp³-hybridized carbons (Fsp3) is 0.636. The van der Waals surface area contributed by atoms with E-state index in [-0.39, 0.29) is 5.56 Å². The van der Waals surface area contributed by atoms with Gasteiger partial charge < -0.3 is 5.32 Å². The van der Waals surface area contributed by atoms with Gasteiger partial charge in [0, 0.05) is 32.5 Å². The number of nitrogens with zero attached hydrogens (tertiary/aromatic N) is 2. The van der Waals surface area contributed by atoms with Crippen LogP contribution in [0.25, 0.3) is 0 Å². The van der Waals surface area contributed by atoms with Gasteiger partial charge in [-0.3, -0.25) is 9.36 Å². The molecular weight excluding hydrogens is 190 g/mol. The van der Waals surface area contributed by atoms with Gasteiger partial charge in [0.1, 0.15) is 5.82 Å². The second-order valence-electron chi connectivity index (χ2n) is 3.78. The van der Waals surface area contributed by atoms with E-state index in [4.69, 9.17) is 0 Å². The molecule has 0 aromatic carbocycles. The molecule has 0 unspecified atom stereocenters. The number of nitrogens with one attached hydrogen (secondary N) is 1. The van der Waals surface area contributed by atoms with Crippen LogP contribution in [0.1, 0.15) is 30.9 Å². The first-order valence-corrected chi connectivity index (χ1v) is 5.60. The monoisotopic (exact) mass is 207 g/mol. The van der Waals surface area contributed by atoms with Crippen LogP contribution in [-0.4, -0.2) is 16.1 Å². The van der Waals surface area contributed by atoms with Crippen molar-refractivity contribution >= 4 is 0 Å². The van der Waals surface area contributed by atoms with E-state index < -0.39 is 0 Å². The molecule has 0 saturated heterocycles. The molecule has 1 aromatic rings. The summed E-state index contributed by atoms with van der Waals surface area (Å²) in [6.07, 6.45) is 1.70. The Labute approximate surface area is 89.3 Å². The van der Waals surface area contributed by atoms with E-state index in [1.165, 1.54) is 0 Å². The van der Waals surface area contributed by atoms with E-state index in [2.05, 4.69) is 10.3 Å². The molecule has 2 heterocycles. The van der Waals surface area contributed by atoms with Crippen molar-refractivity contribution in [2.24, 2.45) is 0 Å². The summed E-state index contributed by atoms with van der Waals surface area (Å²) in [5, 5.41) is 3.22. The maximum absolute atomic E-state index is 12.1. The molecule has 0 amide bonds. The van der Waals surface area contributed by atoms with Gasteiger partial charge in [0.05, 0.1) is 11.3 Å². The van der Waals surface area contributed by atoms with Crippen LogP contribution in [0.4, 0.5) is 0 Å². The predicted molar refractivity (Wildman–Crippen MR) is 59.0 cm³/mol. The first-order valence-electron chi connectivity index (χ1n) is 5.60. The third-order valence-electron chi connectivity index (χ3n) is 2.90. The summed E-state index contributed by atoms with van der Waals surface area (Å²) in [6.45, 7) is 6.35. The maximum atomic E-state index is 12.1. The van der Waals surface area contributed by atoms with Gasteiger partial charge in [0.15, 0.2) is 0 Å². The van der Waals surface area contributed by atoms with Crippen LogP contribution in [0.5, 0.6) is 0 Å². The molecule has 2 rings (SSSR count). The lowest BCUT2D eigenvalue weighted by Gasteiger charge is -2.19. The van der Waals surface area contributed by atoms with Crippen LogP contribution in [0.15, 0.2) is 4.79 Å². The average Bonchev–Trinajstić information content (AvgIpc) is 2.29. The average molecular weight is 207 g/mol. The molecule has 0 fully saturated rings. The summed E-state index contributed by atoms with van der Waals surface area (Å²) in [5.41, 5.74) is 2.01. The van der Waals surface area contributed by atoms with Crippen molar-refractivity contribution in [1.82, 2.24) is 14.9 Å². The molecule has 0 aliphatic carbocycles. The summed E-state index contributed by atoms with van der Waals surface area (Å²) in [5.74, 6) is 0.920. The highest BCUT2D eigenvalue weighted by Gasteiger charge is 2.17. The summed E-state index contributed by atoms with van der Waals surface area (Å²) >= 11 is 0. The Kier molecular flexibility index (Phi) is 2.86. The Morgan fingerprint density at radius 2 is 2.27 bits per heavy atom. The minimum Gasteiger partial charge on any atom is -0.312 e. The van der Waals surface area contributed by atoms with Crippen molar-refractivity contribution in [3.63, 3.8) is 0 Å². The standard InChI is InChI=1S/C11H17N3O/c1-3-10-13-9-5-6-12-7-8(9)11(15)14(10)4-2/h12H,3-7H2,1-2H3. The highest BCUT2D eigenvalue weighted by atomic mass is 16.1. The molecule has 0 bridgehead atoms. The minimum atomic E-state index is 0.145. The Hall–Kier alpha value is -1.16. The second kappa shape index (κ2) is 4.14. The Morgan fingerprint density at radius 3 is 2.93 bits per heavy atom. The van der Waals surface area contributed by atoms with Crippen molar-refractivity contribution in [2.75, 3.05) is 6.54 Å². The molecule has 1 aliphatic rings. The minimum absolute atomic E-state index is 0.145. The first kappa shape index (κ1) is 10.4. The van der Waals surface area contributed by atoms with Gasteiger partial charge in [0.2, 0.25) is 0 Å². The van der Waals surface area contributed by atoms with Crippen molar-refractivity contribution in [2.45, 2.75) is 39.8 Å². The molecule has 1 aliphatic heterocycles. The van der Waals surface area contributed by atoms with Crippen LogP contribution in [0, 0.1) is 0 Å². The topological polar surface area (TPSA) is 46.9 Å². The Morgan fingerprint density at radius 1 is 1.47 bits per heavy atom. The van der Waals surface area contributed by atoms with Gasteiger partial charge in [-0.15, -0.1) is 0 Å². The quantitative estimate of drug-likeness (QED) is 0.767. The third-order valence-corrected chi connectivity index (χ3v) is 2.90. The maximum Gasteiger partial charge on any atom is 0.258 e. The van der Waals surface area contributed by atoms with Gasteiger partial charge in [0.25, 0.3) is 5.56 Å². The van der Waals surface area contributed by atoms with Gasteiger partial charge in [-0.2, -0.15) is 0 Å². The molecule has 1 aromatic heterocycles. The van der Waals surface area contributed by atoms with Crippen LogP contribution >= 0.6 is 0 Å². The fourth-order valence-corrected chi connectivity index (χ4v) is 2.09. The highest BCUT2D eigenvalue weighted by Crippen LogP contribution is 2.08. The molecule has 4 heteroatoms. The normalized spacial score (nSPS) is 15.1. The number of aromatic nitrogens is 2. The molecule has 1 N–H and O–H groups in total. The van der Waals surface area contributed by atoms with Gasteiger partial charge in [-0.1, -0.05) is 6.92 Å². The number of rotatable bonds is 2. The Bertz CT molecular complexity index is 405. The van der Waals surface area contributed by atoms with Crippen LogP contribution in [0.2, 0.25) is 0 Å². The molecule has 0 atom stereocenters. The smallest absolute Gasteiger partial charge is 0.258 e. The summed E-state index contributed by atoms with van der Waals surface area (Å²) < 4.78 is 1.78. The number of fused-ring (bicyclic) bond motifs is 1. The van der Waals surface area contributed by atoms with Gasteiger partial charge >= 0.3 is 0 Å². The molecule has 4 nitrogen and oxygen atoms in total. The number of aryl methyl sites for hydroxylation is 1. The number of hydrogen-bond acceptors (Lipinski definition) is 3. The second-order valence-corrected chi connectivity index (χ2v) is 3.78. The highest BCUT2D eigenvalue weighted by molar-refractivity contribution is 5.21. The van der Waals surface area contributed by atoms with Crippen molar-refractivity contribution in [1.29, 1.82) is 0 Å². The first-order chi connectivity index (χ1) is 7.27. The lowest BCUT2D eigenvalue weighted by Crippen LogP contribution is -2.36. The largest absolute Gasteiger partial charge is 0.312 e. The summed E-state index contributed by atoms with van der Waals surface area (Å²) in [4.78, 5) is 16.7. The van der Waals surface area contributed by atoms with Gasteiger partial charge in [-0.25, -0.2) is 4.98 Å². The summed E-state index contributed by atoms with van der Waals surface area (Å²) in [7, 11) is 0. The lowest BCUT2D eigenvalue weighted by molar-refractivity contribution is 0.571. The van der Waals surface area contributed by atoms with E-state index >= 15 is 0 Å². The van der Waals surface area contributed by atoms with E-state index in [1.54, 1.807) is 4.57 Å². The van der Waals surface area contributed by atoms with Crippen molar-refractivity contribution < 1.29 is 0 Å². The van der Waals surface area contributed by atoms with Crippen molar-refractivity contribution in [3.8, 4) is 0 Å². The zero-order valence-electron chi connectivity index (χ0n) is 9.34. The van der Waals surface area contributed by atoms with Crippen LogP contribution in [0.3, 0.4) is 0 Å². The Balaban J connectivity index is 2.62. The van der Waals surface area contributed by atoms with Crippen LogP contribution in [-0.2, 0) is 25.9 Å². The van der Waals surface area contributed by atoms with E-state index in [0.29, 0.717) is 13.1 Å². The molecule has 0 radical (unpaired) electrons. The molecule has 0 saturated carbocycles. The zero-order valence-corrected chi connectivity index (χ0v) is 9.34. The summed E-state index contributed by atoms with van der Waals surface area (Å²) in [6, 6.07) is 0. The third kappa shape index (κ3) is 1.69. The van der Waals surface area contributed by atoms with E-state index in [1.807, 2.05) is 13.8 Å². The zero-order chi connectivity index (χ0) is 10.8. The molecule has 82 valence electrons.